The second-order valence-corrected chi connectivity index (χ2v) is 6.77. The molecule has 0 unspecified atom stereocenters. The number of carbonyl (C=O) groups excluding carboxylic acids is 2. The Labute approximate surface area is 139 Å². The zero-order chi connectivity index (χ0) is 16.3. The topological polar surface area (TPSA) is 52.7 Å². The van der Waals surface area contributed by atoms with Gasteiger partial charge >= 0.3 is 0 Å². The fourth-order valence-electron chi connectivity index (χ4n) is 2.75. The molecule has 0 bridgehead atoms. The van der Waals surface area contributed by atoms with Crippen LogP contribution in [0.5, 0.6) is 0 Å². The highest BCUT2D eigenvalue weighted by atomic mass is 79.9. The summed E-state index contributed by atoms with van der Waals surface area (Å²) in [5.41, 5.74) is 1.10. The Hall–Kier alpha value is -1.40. The van der Waals surface area contributed by atoms with Crippen LogP contribution in [-0.4, -0.2) is 54.8 Å². The number of benzene rings is 1. The molecule has 5 nitrogen and oxygen atoms in total. The molecule has 0 saturated carbocycles. The first kappa shape index (κ1) is 17.0. The highest BCUT2D eigenvalue weighted by molar-refractivity contribution is 9.10. The van der Waals surface area contributed by atoms with Crippen LogP contribution in [0.2, 0.25) is 0 Å². The van der Waals surface area contributed by atoms with Crippen LogP contribution in [0, 0.1) is 0 Å². The maximum atomic E-state index is 12.7. The molecule has 1 N–H and O–H groups in total. The SMILES string of the molecule is CC(=O)Nc1cc(Br)ccc1C(=O)N1CCC(N(C)C)CC1. The zero-order valence-corrected chi connectivity index (χ0v) is 14.8. The largest absolute Gasteiger partial charge is 0.338 e. The van der Waals surface area contributed by atoms with Gasteiger partial charge in [-0.1, -0.05) is 15.9 Å². The maximum Gasteiger partial charge on any atom is 0.255 e. The third kappa shape index (κ3) is 4.08. The molecule has 120 valence electrons. The Balaban J connectivity index is 2.14. The van der Waals surface area contributed by atoms with Crippen molar-refractivity contribution in [1.82, 2.24) is 9.80 Å². The van der Waals surface area contributed by atoms with E-state index >= 15 is 0 Å². The van der Waals surface area contributed by atoms with Crippen LogP contribution in [-0.2, 0) is 4.79 Å². The van der Waals surface area contributed by atoms with E-state index in [1.165, 1.54) is 6.92 Å². The van der Waals surface area contributed by atoms with Gasteiger partial charge in [0.05, 0.1) is 11.3 Å². The Morgan fingerprint density at radius 1 is 1.27 bits per heavy atom. The third-order valence-corrected chi connectivity index (χ3v) is 4.50. The van der Waals surface area contributed by atoms with Crippen molar-refractivity contribution in [2.75, 3.05) is 32.5 Å². The first-order chi connectivity index (χ1) is 10.4. The molecular formula is C16H22BrN3O2. The number of piperidine rings is 1. The fraction of sp³-hybridized carbons (Fsp3) is 0.500. The third-order valence-electron chi connectivity index (χ3n) is 4.00. The molecule has 1 aliphatic rings. The standard InChI is InChI=1S/C16H22BrN3O2/c1-11(21)18-15-10-12(17)4-5-14(15)16(22)20-8-6-13(7-9-20)19(2)3/h4-5,10,13H,6-9H2,1-3H3,(H,18,21). The van der Waals surface area contributed by atoms with Crippen molar-refractivity contribution < 1.29 is 9.59 Å². The molecule has 0 aliphatic carbocycles. The molecule has 1 saturated heterocycles. The Kier molecular flexibility index (Phi) is 5.58. The molecule has 0 spiro atoms. The number of rotatable bonds is 3. The molecule has 6 heteroatoms. The number of nitrogens with one attached hydrogen (secondary N) is 1. The number of hydrogen-bond acceptors (Lipinski definition) is 3. The summed E-state index contributed by atoms with van der Waals surface area (Å²) in [7, 11) is 4.15. The van der Waals surface area contributed by atoms with E-state index in [0.717, 1.165) is 30.4 Å². The van der Waals surface area contributed by atoms with E-state index in [1.54, 1.807) is 12.1 Å². The van der Waals surface area contributed by atoms with Crippen LogP contribution in [0.3, 0.4) is 0 Å². The molecule has 0 atom stereocenters. The predicted octanol–water partition coefficient (Wildman–Crippen LogP) is 2.57. The van der Waals surface area contributed by atoms with Crippen molar-refractivity contribution in [3.05, 3.63) is 28.2 Å². The van der Waals surface area contributed by atoms with Gasteiger partial charge in [0.25, 0.3) is 5.91 Å². The highest BCUT2D eigenvalue weighted by Gasteiger charge is 2.26. The molecular weight excluding hydrogens is 346 g/mol. The van der Waals surface area contributed by atoms with Gasteiger partial charge in [0.1, 0.15) is 0 Å². The maximum absolute atomic E-state index is 12.7. The minimum absolute atomic E-state index is 0.0199. The van der Waals surface area contributed by atoms with Crippen molar-refractivity contribution in [2.24, 2.45) is 0 Å². The van der Waals surface area contributed by atoms with Crippen LogP contribution >= 0.6 is 15.9 Å². The second kappa shape index (κ2) is 7.24. The highest BCUT2D eigenvalue weighted by Crippen LogP contribution is 2.24. The summed E-state index contributed by atoms with van der Waals surface area (Å²) in [5.74, 6) is -0.202. The lowest BCUT2D eigenvalue weighted by Crippen LogP contribution is -2.44. The van der Waals surface area contributed by atoms with E-state index in [9.17, 15) is 9.59 Å². The van der Waals surface area contributed by atoms with Gasteiger partial charge in [-0.05, 0) is 45.1 Å². The average molecular weight is 368 g/mol. The average Bonchev–Trinajstić information content (AvgIpc) is 2.46. The predicted molar refractivity (Wildman–Crippen MR) is 91.1 cm³/mol. The van der Waals surface area contributed by atoms with E-state index < -0.39 is 0 Å². The quantitative estimate of drug-likeness (QED) is 0.892. The molecule has 2 rings (SSSR count). The lowest BCUT2D eigenvalue weighted by molar-refractivity contribution is -0.114. The van der Waals surface area contributed by atoms with Crippen molar-refractivity contribution in [2.45, 2.75) is 25.8 Å². The molecule has 1 fully saturated rings. The first-order valence-corrected chi connectivity index (χ1v) is 8.20. The summed E-state index contributed by atoms with van der Waals surface area (Å²) in [6.45, 7) is 2.94. The fourth-order valence-corrected chi connectivity index (χ4v) is 3.11. The molecule has 1 aliphatic heterocycles. The summed E-state index contributed by atoms with van der Waals surface area (Å²) in [6.07, 6.45) is 1.95. The van der Waals surface area contributed by atoms with Crippen LogP contribution in [0.1, 0.15) is 30.1 Å². The summed E-state index contributed by atoms with van der Waals surface area (Å²) < 4.78 is 0.833. The molecule has 22 heavy (non-hydrogen) atoms. The molecule has 0 aromatic heterocycles. The van der Waals surface area contributed by atoms with Crippen molar-refractivity contribution in [1.29, 1.82) is 0 Å². The number of likely N-dealkylation sites (tertiary alicyclic amines) is 1. The van der Waals surface area contributed by atoms with Gasteiger partial charge in [-0.15, -0.1) is 0 Å². The molecule has 1 aromatic carbocycles. The van der Waals surface area contributed by atoms with Crippen molar-refractivity contribution >= 4 is 33.4 Å². The number of hydrogen-bond donors (Lipinski definition) is 1. The van der Waals surface area contributed by atoms with Crippen LogP contribution < -0.4 is 5.32 Å². The van der Waals surface area contributed by atoms with Gasteiger partial charge < -0.3 is 15.1 Å². The molecule has 1 heterocycles. The lowest BCUT2D eigenvalue weighted by atomic mass is 10.0. The summed E-state index contributed by atoms with van der Waals surface area (Å²) in [6, 6.07) is 5.88. The van der Waals surface area contributed by atoms with Crippen LogP contribution in [0.15, 0.2) is 22.7 Å². The van der Waals surface area contributed by atoms with Gasteiger partial charge in [0.2, 0.25) is 5.91 Å². The van der Waals surface area contributed by atoms with Gasteiger partial charge in [-0.25, -0.2) is 0 Å². The van der Waals surface area contributed by atoms with Crippen LogP contribution in [0.4, 0.5) is 5.69 Å². The Morgan fingerprint density at radius 2 is 1.91 bits per heavy atom. The van der Waals surface area contributed by atoms with Gasteiger partial charge in [0.15, 0.2) is 0 Å². The normalized spacial score (nSPS) is 16.0. The number of nitrogens with zero attached hydrogens (tertiary/aromatic N) is 2. The van der Waals surface area contributed by atoms with Gasteiger partial charge in [-0.2, -0.15) is 0 Å². The van der Waals surface area contributed by atoms with E-state index in [0.29, 0.717) is 17.3 Å². The Bertz CT molecular complexity index is 567. The van der Waals surface area contributed by atoms with Crippen molar-refractivity contribution in [3.8, 4) is 0 Å². The monoisotopic (exact) mass is 367 g/mol. The Morgan fingerprint density at radius 3 is 2.45 bits per heavy atom. The first-order valence-electron chi connectivity index (χ1n) is 7.41. The molecule has 2 amide bonds. The number of anilines is 1. The number of amides is 2. The number of halogens is 1. The lowest BCUT2D eigenvalue weighted by Gasteiger charge is -2.35. The smallest absolute Gasteiger partial charge is 0.255 e. The zero-order valence-electron chi connectivity index (χ0n) is 13.2. The van der Waals surface area contributed by atoms with Crippen molar-refractivity contribution in [3.63, 3.8) is 0 Å². The second-order valence-electron chi connectivity index (χ2n) is 5.86. The van der Waals surface area contributed by atoms with E-state index in [4.69, 9.17) is 0 Å². The van der Waals surface area contributed by atoms with Crippen LogP contribution in [0.25, 0.3) is 0 Å². The number of carbonyl (C=O) groups is 2. The van der Waals surface area contributed by atoms with E-state index in [1.807, 2.05) is 11.0 Å². The minimum atomic E-state index is -0.182. The summed E-state index contributed by atoms with van der Waals surface area (Å²) in [4.78, 5) is 28.2. The molecule has 1 aromatic rings. The summed E-state index contributed by atoms with van der Waals surface area (Å²) in [5, 5.41) is 2.74. The minimum Gasteiger partial charge on any atom is -0.338 e. The van der Waals surface area contributed by atoms with E-state index in [-0.39, 0.29) is 11.8 Å². The van der Waals surface area contributed by atoms with E-state index in [2.05, 4.69) is 40.2 Å². The summed E-state index contributed by atoms with van der Waals surface area (Å²) >= 11 is 3.37. The molecule has 0 radical (unpaired) electrons. The van der Waals surface area contributed by atoms with Gasteiger partial charge in [-0.3, -0.25) is 9.59 Å². The van der Waals surface area contributed by atoms with Gasteiger partial charge in [0, 0.05) is 30.5 Å².